The Labute approximate surface area is 132 Å². The van der Waals surface area contributed by atoms with Gasteiger partial charge in [0.05, 0.1) is 6.61 Å². The maximum Gasteiger partial charge on any atom is 0.320 e. The van der Waals surface area contributed by atoms with Crippen LogP contribution in [0.25, 0.3) is 0 Å². The van der Waals surface area contributed by atoms with Gasteiger partial charge in [-0.2, -0.15) is 0 Å². The zero-order chi connectivity index (χ0) is 15.8. The predicted molar refractivity (Wildman–Crippen MR) is 85.3 cm³/mol. The lowest BCUT2D eigenvalue weighted by atomic mass is 10.3. The van der Waals surface area contributed by atoms with Crippen molar-refractivity contribution in [1.29, 1.82) is 0 Å². The fourth-order valence-electron chi connectivity index (χ4n) is 2.40. The fourth-order valence-corrected chi connectivity index (χ4v) is 2.40. The molecule has 1 aliphatic rings. The lowest BCUT2D eigenvalue weighted by Gasteiger charge is -2.33. The number of carbonyl (C=O) groups excluding carboxylic acids is 1. The number of nitrogens with one attached hydrogen (secondary N) is 1. The number of hydrogen-bond acceptors (Lipinski definition) is 4. The molecular weight excluding hydrogens is 282 g/mol. The molecule has 0 atom stereocenters. The Balaban J connectivity index is 1.75. The molecule has 22 heavy (non-hydrogen) atoms. The smallest absolute Gasteiger partial charge is 0.320 e. The first-order valence-corrected chi connectivity index (χ1v) is 7.84. The zero-order valence-electron chi connectivity index (χ0n) is 13.4. The van der Waals surface area contributed by atoms with Crippen molar-refractivity contribution in [2.24, 2.45) is 0 Å². The van der Waals surface area contributed by atoms with E-state index in [4.69, 9.17) is 9.47 Å². The second-order valence-electron chi connectivity index (χ2n) is 5.07. The molecule has 2 amide bonds. The highest BCUT2D eigenvalue weighted by atomic mass is 16.5. The van der Waals surface area contributed by atoms with E-state index in [1.807, 2.05) is 36.1 Å². The van der Waals surface area contributed by atoms with Crippen molar-refractivity contribution in [3.8, 4) is 11.5 Å². The molecule has 1 heterocycles. The summed E-state index contributed by atoms with van der Waals surface area (Å²) in [7, 11) is 0. The van der Waals surface area contributed by atoms with Crippen molar-refractivity contribution < 1.29 is 14.3 Å². The van der Waals surface area contributed by atoms with Gasteiger partial charge in [-0.1, -0.05) is 19.1 Å². The summed E-state index contributed by atoms with van der Waals surface area (Å²) in [5, 5.41) is 2.79. The molecule has 2 rings (SSSR count). The molecule has 0 unspecified atom stereocenters. The highest BCUT2D eigenvalue weighted by Crippen LogP contribution is 2.25. The van der Waals surface area contributed by atoms with Gasteiger partial charge in [-0.25, -0.2) is 4.79 Å². The van der Waals surface area contributed by atoms with Crippen LogP contribution in [0.5, 0.6) is 11.5 Å². The summed E-state index contributed by atoms with van der Waals surface area (Å²) in [4.78, 5) is 16.2. The highest BCUT2D eigenvalue weighted by molar-refractivity contribution is 5.74. The van der Waals surface area contributed by atoms with E-state index in [1.54, 1.807) is 0 Å². The minimum absolute atomic E-state index is 0.0790. The van der Waals surface area contributed by atoms with Crippen LogP contribution in [0, 0.1) is 0 Å². The standard InChI is InChI=1S/C16H25N3O3/c1-3-18-9-11-19(12-10-18)16(20)17-13-22-15-8-6-5-7-14(15)21-4-2/h5-8H,3-4,9-13H2,1-2H3,(H,17,20). The van der Waals surface area contributed by atoms with E-state index in [0.29, 0.717) is 18.1 Å². The first-order chi connectivity index (χ1) is 10.7. The summed E-state index contributed by atoms with van der Waals surface area (Å²) in [6, 6.07) is 7.37. The average molecular weight is 307 g/mol. The molecule has 0 radical (unpaired) electrons. The molecule has 1 aromatic carbocycles. The molecule has 0 spiro atoms. The number of carbonyl (C=O) groups is 1. The van der Waals surface area contributed by atoms with Crippen molar-refractivity contribution in [2.75, 3.05) is 46.1 Å². The maximum atomic E-state index is 12.1. The van der Waals surface area contributed by atoms with E-state index >= 15 is 0 Å². The van der Waals surface area contributed by atoms with Gasteiger partial charge < -0.3 is 24.6 Å². The summed E-state index contributed by atoms with van der Waals surface area (Å²) in [6.07, 6.45) is 0. The van der Waals surface area contributed by atoms with Crippen molar-refractivity contribution in [3.63, 3.8) is 0 Å². The fraction of sp³-hybridized carbons (Fsp3) is 0.562. The molecule has 1 aromatic rings. The number of rotatable bonds is 6. The third-order valence-electron chi connectivity index (χ3n) is 3.71. The predicted octanol–water partition coefficient (Wildman–Crippen LogP) is 1.77. The molecule has 1 saturated heterocycles. The maximum absolute atomic E-state index is 12.1. The molecule has 122 valence electrons. The van der Waals surface area contributed by atoms with Crippen molar-refractivity contribution in [3.05, 3.63) is 24.3 Å². The Bertz CT molecular complexity index is 473. The number of hydrogen-bond donors (Lipinski definition) is 1. The van der Waals surface area contributed by atoms with Crippen LogP contribution in [0.3, 0.4) is 0 Å². The van der Waals surface area contributed by atoms with Gasteiger partial charge in [0.25, 0.3) is 0 Å². The summed E-state index contributed by atoms with van der Waals surface area (Å²) < 4.78 is 11.1. The zero-order valence-corrected chi connectivity index (χ0v) is 13.4. The molecule has 6 heteroatoms. The number of nitrogens with zero attached hydrogens (tertiary/aromatic N) is 2. The second-order valence-corrected chi connectivity index (χ2v) is 5.07. The third kappa shape index (κ3) is 4.53. The van der Waals surface area contributed by atoms with Crippen molar-refractivity contribution in [2.45, 2.75) is 13.8 Å². The van der Waals surface area contributed by atoms with Gasteiger partial charge in [-0.15, -0.1) is 0 Å². The number of benzene rings is 1. The van der Waals surface area contributed by atoms with Gasteiger partial charge in [-0.3, -0.25) is 0 Å². The SMILES string of the molecule is CCOc1ccccc1OCNC(=O)N1CCN(CC)CC1. The van der Waals surface area contributed by atoms with Crippen LogP contribution < -0.4 is 14.8 Å². The Hall–Kier alpha value is -1.95. The van der Waals surface area contributed by atoms with Gasteiger partial charge in [0.2, 0.25) is 0 Å². The number of para-hydroxylation sites is 2. The number of piperazine rings is 1. The van der Waals surface area contributed by atoms with Gasteiger partial charge in [0, 0.05) is 26.2 Å². The first kappa shape index (κ1) is 16.4. The Morgan fingerprint density at radius 2 is 1.73 bits per heavy atom. The van der Waals surface area contributed by atoms with Crippen LogP contribution in [0.4, 0.5) is 4.79 Å². The first-order valence-electron chi connectivity index (χ1n) is 7.84. The minimum atomic E-state index is -0.0790. The van der Waals surface area contributed by atoms with Crippen LogP contribution in [-0.4, -0.2) is 61.9 Å². The van der Waals surface area contributed by atoms with Gasteiger partial charge >= 0.3 is 6.03 Å². The van der Waals surface area contributed by atoms with Crippen LogP contribution in [0.1, 0.15) is 13.8 Å². The van der Waals surface area contributed by atoms with E-state index in [-0.39, 0.29) is 12.8 Å². The van der Waals surface area contributed by atoms with E-state index in [9.17, 15) is 4.79 Å². The molecule has 0 aromatic heterocycles. The highest BCUT2D eigenvalue weighted by Gasteiger charge is 2.19. The lowest BCUT2D eigenvalue weighted by Crippen LogP contribution is -2.52. The van der Waals surface area contributed by atoms with Gasteiger partial charge in [0.15, 0.2) is 18.2 Å². The summed E-state index contributed by atoms with van der Waals surface area (Å²) in [5.41, 5.74) is 0. The van der Waals surface area contributed by atoms with E-state index < -0.39 is 0 Å². The summed E-state index contributed by atoms with van der Waals surface area (Å²) >= 11 is 0. The van der Waals surface area contributed by atoms with Crippen LogP contribution >= 0.6 is 0 Å². The van der Waals surface area contributed by atoms with E-state index in [0.717, 1.165) is 32.7 Å². The van der Waals surface area contributed by atoms with Crippen molar-refractivity contribution >= 4 is 6.03 Å². The Morgan fingerprint density at radius 3 is 2.32 bits per heavy atom. The second kappa shape index (κ2) is 8.48. The molecule has 0 saturated carbocycles. The topological polar surface area (TPSA) is 54.0 Å². The molecule has 6 nitrogen and oxygen atoms in total. The van der Waals surface area contributed by atoms with Gasteiger partial charge in [-0.05, 0) is 25.6 Å². The quantitative estimate of drug-likeness (QED) is 0.814. The number of urea groups is 1. The number of ether oxygens (including phenoxy) is 2. The molecule has 0 bridgehead atoms. The van der Waals surface area contributed by atoms with Crippen LogP contribution in [0.15, 0.2) is 24.3 Å². The molecule has 1 aliphatic heterocycles. The summed E-state index contributed by atoms with van der Waals surface area (Å²) in [6.45, 7) is 9.19. The van der Waals surface area contributed by atoms with Crippen LogP contribution in [-0.2, 0) is 0 Å². The third-order valence-corrected chi connectivity index (χ3v) is 3.71. The largest absolute Gasteiger partial charge is 0.490 e. The lowest BCUT2D eigenvalue weighted by molar-refractivity contribution is 0.136. The molecular formula is C16H25N3O3. The molecule has 1 N–H and O–H groups in total. The number of amides is 2. The normalized spacial score (nSPS) is 15.5. The van der Waals surface area contributed by atoms with E-state index in [2.05, 4.69) is 17.1 Å². The van der Waals surface area contributed by atoms with Crippen LogP contribution in [0.2, 0.25) is 0 Å². The van der Waals surface area contributed by atoms with E-state index in [1.165, 1.54) is 0 Å². The Morgan fingerprint density at radius 1 is 1.09 bits per heavy atom. The number of likely N-dealkylation sites (N-methyl/N-ethyl adjacent to an activating group) is 1. The van der Waals surface area contributed by atoms with Gasteiger partial charge in [0.1, 0.15) is 0 Å². The summed E-state index contributed by atoms with van der Waals surface area (Å²) in [5.74, 6) is 1.33. The van der Waals surface area contributed by atoms with Crippen molar-refractivity contribution in [1.82, 2.24) is 15.1 Å². The monoisotopic (exact) mass is 307 g/mol. The molecule has 1 fully saturated rings. The Kier molecular flexibility index (Phi) is 6.33. The molecule has 0 aliphatic carbocycles. The average Bonchev–Trinajstić information content (AvgIpc) is 2.56. The minimum Gasteiger partial charge on any atom is -0.490 e.